The van der Waals surface area contributed by atoms with E-state index in [0.717, 1.165) is 139 Å². The number of rotatable bonds is 15. The number of benzene rings is 6. The first-order valence-corrected chi connectivity index (χ1v) is 37.6. The molecule has 0 N–H and O–H groups in total. The number of aryl methyl sites for hydroxylation is 6. The number of nitrogens with zero attached hydrogens (tertiary/aromatic N) is 12. The predicted octanol–water partition coefficient (Wildman–Crippen LogP) is 15.0. The van der Waals surface area contributed by atoms with Gasteiger partial charge < -0.3 is 43.1 Å². The first-order valence-electron chi connectivity index (χ1n) is 37.6. The van der Waals surface area contributed by atoms with Gasteiger partial charge in [-0.3, -0.25) is 14.4 Å². The zero-order valence-electron chi connectivity index (χ0n) is 66.9. The van der Waals surface area contributed by atoms with Crippen molar-refractivity contribution in [2.24, 2.45) is 17.8 Å². The molecule has 24 heteroatoms. The van der Waals surface area contributed by atoms with Crippen molar-refractivity contribution in [3.05, 3.63) is 174 Å². The maximum atomic E-state index is 12.8. The summed E-state index contributed by atoms with van der Waals surface area (Å²) in [4.78, 5) is 81.7. The van der Waals surface area contributed by atoms with Crippen molar-refractivity contribution < 1.29 is 57.2 Å². The van der Waals surface area contributed by atoms with Gasteiger partial charge in [-0.2, -0.15) is 0 Å². The highest BCUT2D eigenvalue weighted by Gasteiger charge is 2.37. The van der Waals surface area contributed by atoms with Gasteiger partial charge in [-0.1, -0.05) is 109 Å². The minimum Gasteiger partial charge on any atom is -0.469 e. The Morgan fingerprint density at radius 1 is 0.380 bits per heavy atom. The zero-order valence-corrected chi connectivity index (χ0v) is 66.9. The monoisotopic (exact) mass is 1480 g/mol. The van der Waals surface area contributed by atoms with Gasteiger partial charge in [-0.05, 0) is 225 Å². The largest absolute Gasteiger partial charge is 0.469 e. The van der Waals surface area contributed by atoms with Crippen LogP contribution < -0.4 is 0 Å². The van der Waals surface area contributed by atoms with Crippen molar-refractivity contribution >= 4 is 69.3 Å². The summed E-state index contributed by atoms with van der Waals surface area (Å²) in [6.45, 7) is 40.2. The molecule has 0 aliphatic carbocycles. The lowest BCUT2D eigenvalue weighted by Crippen LogP contribution is -2.40. The normalized spacial score (nSPS) is 15.4. The summed E-state index contributed by atoms with van der Waals surface area (Å²) in [7, 11) is 4.26. The molecule has 9 aromatic rings. The van der Waals surface area contributed by atoms with Crippen LogP contribution in [0, 0.1) is 38.5 Å². The predicted molar refractivity (Wildman–Crippen MR) is 413 cm³/mol. The lowest BCUT2D eigenvalue weighted by molar-refractivity contribution is -0.146. The molecule has 0 radical (unpaired) electrons. The number of carbonyl (C=O) groups excluding carboxylic acids is 6. The summed E-state index contributed by atoms with van der Waals surface area (Å²) in [6, 6.07) is 31.3. The Morgan fingerprint density at radius 3 is 0.852 bits per heavy atom. The highest BCUT2D eigenvalue weighted by atomic mass is 16.6. The number of hydrogen-bond donors (Lipinski definition) is 0. The van der Waals surface area contributed by atoms with Crippen molar-refractivity contribution in [3.63, 3.8) is 0 Å². The first-order chi connectivity index (χ1) is 51.1. The van der Waals surface area contributed by atoms with Crippen LogP contribution in [0.1, 0.15) is 205 Å². The molecule has 0 saturated heterocycles. The van der Waals surface area contributed by atoms with Crippen LogP contribution in [0.25, 0.3) is 33.1 Å². The Balaban J connectivity index is 0.000000173. The SMILES string of the molecule is CCn1nnc2c(C)c([C@H](c3ccc4c(c3)CN(C(=O)OC(C)(C)C)CC4)C(C)C(=O)OC)ccc21.CCn1nnc2c(C)c([C@H](c3ccc4c(c3)CN(C(=O)OC(C)(C)C)CC4)[C@@H](C)C(=O)OC)ccc21.CCn1nnc2c(C)c([C@H](c3ccc4c(c3)CN(C(=O)OC(C)(C)C)CC4)[C@H](C)C(=O)OC)ccc21. The van der Waals surface area contributed by atoms with E-state index in [-0.39, 0.29) is 53.9 Å². The van der Waals surface area contributed by atoms with Crippen molar-refractivity contribution in [1.82, 2.24) is 59.7 Å². The lowest BCUT2D eigenvalue weighted by Gasteiger charge is -2.32. The number of aromatic nitrogens is 9. The van der Waals surface area contributed by atoms with E-state index in [1.165, 1.54) is 38.0 Å². The molecule has 12 rings (SSSR count). The van der Waals surface area contributed by atoms with Crippen LogP contribution in [-0.2, 0) is 101 Å². The zero-order chi connectivity index (χ0) is 78.6. The Kier molecular flexibility index (Phi) is 24.6. The van der Waals surface area contributed by atoms with E-state index in [2.05, 4.69) is 104 Å². The van der Waals surface area contributed by atoms with Crippen molar-refractivity contribution in [1.29, 1.82) is 0 Å². The average molecular weight is 1480 g/mol. The molecule has 3 aliphatic rings. The maximum Gasteiger partial charge on any atom is 0.410 e. The minimum atomic E-state index is -0.546. The van der Waals surface area contributed by atoms with Gasteiger partial charge in [0, 0.05) is 76.7 Å². The standard InChI is InChI=1S/3C28H36N4O4/c3*1-8-32-23-12-11-22(17(2)25(23)29-30-32)24(18(3)26(33)35-7)20-10-9-19-13-14-31(16-21(19)15-20)27(34)36-28(4,5)6/h3*9-12,15,18,24H,8,13-14,16H2,1-7H3/t18?,24-;18-,24+;18-,24-/m010/s1. The Labute approximate surface area is 634 Å². The molecule has 0 fully saturated rings. The van der Waals surface area contributed by atoms with E-state index in [1.807, 2.05) is 157 Å². The molecule has 6 aromatic carbocycles. The smallest absolute Gasteiger partial charge is 0.410 e. The van der Waals surface area contributed by atoms with E-state index in [1.54, 1.807) is 14.7 Å². The maximum absolute atomic E-state index is 12.8. The second-order valence-electron chi connectivity index (χ2n) is 31.6. The van der Waals surface area contributed by atoms with E-state index >= 15 is 0 Å². The van der Waals surface area contributed by atoms with Crippen LogP contribution in [0.4, 0.5) is 14.4 Å². The van der Waals surface area contributed by atoms with Crippen LogP contribution in [0.15, 0.2) is 91.0 Å². The van der Waals surface area contributed by atoms with Crippen molar-refractivity contribution in [3.8, 4) is 0 Å². The van der Waals surface area contributed by atoms with Crippen LogP contribution in [-0.4, -0.2) is 154 Å². The Bertz CT molecular complexity index is 4350. The van der Waals surface area contributed by atoms with Gasteiger partial charge in [0.1, 0.15) is 33.4 Å². The fraction of sp³-hybridized carbons (Fsp3) is 0.500. The average Bonchev–Trinajstić information content (AvgIpc) is 1.54. The summed E-state index contributed by atoms with van der Waals surface area (Å²) in [5.41, 5.74) is 19.7. The fourth-order valence-corrected chi connectivity index (χ4v) is 15.2. The molecule has 3 aromatic heterocycles. The Hall–Kier alpha value is -10.3. The molecule has 3 amide bonds. The molecule has 108 heavy (non-hydrogen) atoms. The third-order valence-electron chi connectivity index (χ3n) is 20.8. The van der Waals surface area contributed by atoms with Gasteiger partial charge in [0.2, 0.25) is 0 Å². The summed E-state index contributed by atoms with van der Waals surface area (Å²) in [6.07, 6.45) is 1.36. The molecule has 1 unspecified atom stereocenters. The number of carbonyl (C=O) groups is 6. The molecular formula is C84H108N12O12. The van der Waals surface area contributed by atoms with Crippen molar-refractivity contribution in [2.75, 3.05) is 41.0 Å². The van der Waals surface area contributed by atoms with E-state index < -0.39 is 34.6 Å². The number of ether oxygens (including phenoxy) is 6. The third kappa shape index (κ3) is 17.6. The van der Waals surface area contributed by atoms with Crippen LogP contribution in [0.2, 0.25) is 0 Å². The summed E-state index contributed by atoms with van der Waals surface area (Å²) in [5.74, 6) is -2.80. The lowest BCUT2D eigenvalue weighted by atomic mass is 9.78. The van der Waals surface area contributed by atoms with E-state index in [0.29, 0.717) is 39.3 Å². The molecule has 0 saturated carbocycles. The summed E-state index contributed by atoms with van der Waals surface area (Å²) >= 11 is 0. The molecule has 24 nitrogen and oxygen atoms in total. The molecule has 3 aliphatic heterocycles. The third-order valence-corrected chi connectivity index (χ3v) is 20.8. The van der Waals surface area contributed by atoms with Gasteiger partial charge in [0.05, 0.1) is 55.6 Å². The number of esters is 3. The van der Waals surface area contributed by atoms with Gasteiger partial charge in [-0.15, -0.1) is 15.3 Å². The van der Waals surface area contributed by atoms with Gasteiger partial charge in [0.25, 0.3) is 0 Å². The first kappa shape index (κ1) is 80.3. The fourth-order valence-electron chi connectivity index (χ4n) is 15.2. The molecule has 0 spiro atoms. The number of methoxy groups -OCH3 is 3. The highest BCUT2D eigenvalue weighted by Crippen LogP contribution is 2.43. The molecule has 6 heterocycles. The minimum absolute atomic E-state index is 0.240. The van der Waals surface area contributed by atoms with E-state index in [4.69, 9.17) is 28.4 Å². The number of amides is 3. The Morgan fingerprint density at radius 2 is 0.630 bits per heavy atom. The second-order valence-corrected chi connectivity index (χ2v) is 31.6. The number of fused-ring (bicyclic) bond motifs is 6. The highest BCUT2D eigenvalue weighted by molar-refractivity contribution is 5.84. The second kappa shape index (κ2) is 33.1. The summed E-state index contributed by atoms with van der Waals surface area (Å²) in [5, 5.41) is 26.1. The van der Waals surface area contributed by atoms with Crippen LogP contribution in [0.3, 0.4) is 0 Å². The quantitative estimate of drug-likeness (QED) is 0.0682. The summed E-state index contributed by atoms with van der Waals surface area (Å²) < 4.78 is 37.9. The van der Waals surface area contributed by atoms with Gasteiger partial charge >= 0.3 is 36.2 Å². The molecule has 6 atom stereocenters. The van der Waals surface area contributed by atoms with E-state index in [9.17, 15) is 28.8 Å². The van der Waals surface area contributed by atoms with Gasteiger partial charge in [0.15, 0.2) is 0 Å². The topological polar surface area (TPSA) is 260 Å². The molecule has 0 bridgehead atoms. The van der Waals surface area contributed by atoms with Crippen molar-refractivity contribution in [2.45, 2.75) is 218 Å². The van der Waals surface area contributed by atoms with Crippen LogP contribution >= 0.6 is 0 Å². The van der Waals surface area contributed by atoms with Gasteiger partial charge in [-0.25, -0.2) is 28.4 Å². The molecule has 576 valence electrons. The number of hydrogen-bond acceptors (Lipinski definition) is 18. The van der Waals surface area contributed by atoms with Crippen LogP contribution in [0.5, 0.6) is 0 Å². The molecular weight excluding hydrogens is 1370 g/mol.